The molecular weight excluding hydrogens is 222 g/mol. The van der Waals surface area contributed by atoms with Crippen LogP contribution in [0, 0.1) is 11.8 Å². The predicted octanol–water partition coefficient (Wildman–Crippen LogP) is 0.541. The minimum Gasteiger partial charge on any atom is -0.481 e. The summed E-state index contributed by atoms with van der Waals surface area (Å²) in [5.41, 5.74) is 0. The average Bonchev–Trinajstić information content (AvgIpc) is 2.35. The van der Waals surface area contributed by atoms with E-state index < -0.39 is 23.9 Å². The van der Waals surface area contributed by atoms with E-state index in [0.717, 1.165) is 0 Å². The van der Waals surface area contributed by atoms with E-state index >= 15 is 0 Å². The Morgan fingerprint density at radius 3 is 2.47 bits per heavy atom. The van der Waals surface area contributed by atoms with Crippen molar-refractivity contribution >= 4 is 11.9 Å². The van der Waals surface area contributed by atoms with Crippen LogP contribution in [0.25, 0.3) is 0 Å². The van der Waals surface area contributed by atoms with Crippen LogP contribution in [0.2, 0.25) is 0 Å². The van der Waals surface area contributed by atoms with Crippen molar-refractivity contribution in [2.45, 2.75) is 32.3 Å². The van der Waals surface area contributed by atoms with E-state index in [0.29, 0.717) is 19.3 Å². The lowest BCUT2D eigenvalue weighted by molar-refractivity contribution is -0.147. The van der Waals surface area contributed by atoms with Gasteiger partial charge in [-0.15, -0.1) is 0 Å². The lowest BCUT2D eigenvalue weighted by Crippen LogP contribution is -2.41. The highest BCUT2D eigenvalue weighted by molar-refractivity contribution is 5.85. The Morgan fingerprint density at radius 2 is 1.94 bits per heavy atom. The zero-order chi connectivity index (χ0) is 12.8. The number of aliphatic hydroxyl groups is 1. The van der Waals surface area contributed by atoms with E-state index in [9.17, 15) is 14.7 Å². The lowest BCUT2D eigenvalue weighted by Gasteiger charge is -2.24. The van der Waals surface area contributed by atoms with Gasteiger partial charge in [0.2, 0.25) is 5.91 Å². The molecule has 0 bridgehead atoms. The quantitative estimate of drug-likeness (QED) is 0.613. The van der Waals surface area contributed by atoms with Crippen molar-refractivity contribution in [1.29, 1.82) is 0 Å². The van der Waals surface area contributed by atoms with Crippen molar-refractivity contribution in [2.24, 2.45) is 11.8 Å². The molecule has 0 spiro atoms. The van der Waals surface area contributed by atoms with Crippen molar-refractivity contribution < 1.29 is 19.8 Å². The molecule has 0 aromatic rings. The summed E-state index contributed by atoms with van der Waals surface area (Å²) in [7, 11) is 0. The fourth-order valence-electron chi connectivity index (χ4n) is 1.87. The van der Waals surface area contributed by atoms with Gasteiger partial charge in [-0.25, -0.2) is 0 Å². The molecule has 1 unspecified atom stereocenters. The van der Waals surface area contributed by atoms with Crippen LogP contribution in [-0.2, 0) is 9.59 Å². The maximum absolute atomic E-state index is 11.8. The van der Waals surface area contributed by atoms with Gasteiger partial charge < -0.3 is 15.5 Å². The highest BCUT2D eigenvalue weighted by Crippen LogP contribution is 2.25. The number of carbonyl (C=O) groups is 2. The predicted molar refractivity (Wildman–Crippen MR) is 62.3 cm³/mol. The van der Waals surface area contributed by atoms with Crippen LogP contribution in [0.3, 0.4) is 0 Å². The van der Waals surface area contributed by atoms with E-state index in [2.05, 4.69) is 5.32 Å². The Balaban J connectivity index is 2.54. The first-order valence-corrected chi connectivity index (χ1v) is 5.89. The van der Waals surface area contributed by atoms with Crippen LogP contribution in [-0.4, -0.2) is 34.7 Å². The number of rotatable bonds is 5. The standard InChI is InChI=1S/C12H19NO4/c1-2-8(14)7-13-11(15)9-5-3-4-6-10(9)12(16)17/h3-4,8-10,14H,2,5-7H2,1H3,(H,13,15)(H,16,17)/t8?,9-,10+/m1/s1. The Kier molecular flexibility index (Phi) is 5.15. The second kappa shape index (κ2) is 6.39. The lowest BCUT2D eigenvalue weighted by atomic mass is 9.82. The van der Waals surface area contributed by atoms with E-state index in [-0.39, 0.29) is 12.5 Å². The summed E-state index contributed by atoms with van der Waals surface area (Å²) >= 11 is 0. The summed E-state index contributed by atoms with van der Waals surface area (Å²) in [5.74, 6) is -2.40. The summed E-state index contributed by atoms with van der Waals surface area (Å²) in [6, 6.07) is 0. The summed E-state index contributed by atoms with van der Waals surface area (Å²) in [6.45, 7) is 2.00. The third-order valence-electron chi connectivity index (χ3n) is 3.07. The molecule has 1 aliphatic carbocycles. The monoisotopic (exact) mass is 241 g/mol. The number of allylic oxidation sites excluding steroid dienone is 2. The van der Waals surface area contributed by atoms with Crippen LogP contribution >= 0.6 is 0 Å². The molecule has 0 aliphatic heterocycles. The fourth-order valence-corrected chi connectivity index (χ4v) is 1.87. The third-order valence-corrected chi connectivity index (χ3v) is 3.07. The smallest absolute Gasteiger partial charge is 0.307 e. The second-order valence-electron chi connectivity index (χ2n) is 4.30. The highest BCUT2D eigenvalue weighted by atomic mass is 16.4. The number of aliphatic hydroxyl groups excluding tert-OH is 1. The summed E-state index contributed by atoms with van der Waals surface area (Å²) in [5, 5.41) is 21.0. The zero-order valence-corrected chi connectivity index (χ0v) is 9.93. The molecule has 0 aromatic carbocycles. The molecule has 3 N–H and O–H groups in total. The number of hydrogen-bond donors (Lipinski definition) is 3. The number of carboxylic acid groups (broad SMARTS) is 1. The summed E-state index contributed by atoms with van der Waals surface area (Å²) < 4.78 is 0. The minimum absolute atomic E-state index is 0.182. The molecule has 1 aliphatic rings. The number of nitrogens with one attached hydrogen (secondary N) is 1. The second-order valence-corrected chi connectivity index (χ2v) is 4.30. The van der Waals surface area contributed by atoms with Crippen LogP contribution in [0.5, 0.6) is 0 Å². The van der Waals surface area contributed by atoms with Gasteiger partial charge in [-0.05, 0) is 19.3 Å². The number of carboxylic acids is 1. The molecule has 1 amide bonds. The molecule has 5 nitrogen and oxygen atoms in total. The Bertz CT molecular complexity index is 314. The van der Waals surface area contributed by atoms with Gasteiger partial charge >= 0.3 is 5.97 Å². The average molecular weight is 241 g/mol. The maximum Gasteiger partial charge on any atom is 0.307 e. The number of hydrogen-bond acceptors (Lipinski definition) is 3. The Labute approximate surface area is 101 Å². The van der Waals surface area contributed by atoms with Crippen LogP contribution in [0.1, 0.15) is 26.2 Å². The van der Waals surface area contributed by atoms with Crippen molar-refractivity contribution in [1.82, 2.24) is 5.32 Å². The highest BCUT2D eigenvalue weighted by Gasteiger charge is 2.33. The van der Waals surface area contributed by atoms with Crippen LogP contribution in [0.4, 0.5) is 0 Å². The molecule has 1 rings (SSSR count). The maximum atomic E-state index is 11.8. The van der Waals surface area contributed by atoms with Gasteiger partial charge in [-0.2, -0.15) is 0 Å². The third kappa shape index (κ3) is 3.85. The first-order chi connectivity index (χ1) is 8.06. The van der Waals surface area contributed by atoms with E-state index in [1.165, 1.54) is 0 Å². The molecule has 5 heteroatoms. The molecule has 3 atom stereocenters. The van der Waals surface area contributed by atoms with Gasteiger partial charge in [0.15, 0.2) is 0 Å². The molecular formula is C12H19NO4. The van der Waals surface area contributed by atoms with Crippen LogP contribution < -0.4 is 5.32 Å². The van der Waals surface area contributed by atoms with Gasteiger partial charge in [-0.3, -0.25) is 9.59 Å². The Hall–Kier alpha value is -1.36. The van der Waals surface area contributed by atoms with Gasteiger partial charge in [0.05, 0.1) is 17.9 Å². The Morgan fingerprint density at radius 1 is 1.35 bits per heavy atom. The SMILES string of the molecule is CCC(O)CNC(=O)[C@@H]1CC=CC[C@@H]1C(=O)O. The number of aliphatic carboxylic acids is 1. The minimum atomic E-state index is -0.939. The first kappa shape index (κ1) is 13.7. The van der Waals surface area contributed by atoms with Crippen molar-refractivity contribution in [2.75, 3.05) is 6.54 Å². The van der Waals surface area contributed by atoms with E-state index in [1.807, 2.05) is 13.0 Å². The molecule has 0 aromatic heterocycles. The molecule has 0 saturated carbocycles. The number of amides is 1. The molecule has 0 heterocycles. The summed E-state index contributed by atoms with van der Waals surface area (Å²) in [6.07, 6.45) is 4.46. The van der Waals surface area contributed by atoms with Gasteiger partial charge in [0.1, 0.15) is 0 Å². The van der Waals surface area contributed by atoms with Crippen molar-refractivity contribution in [3.05, 3.63) is 12.2 Å². The van der Waals surface area contributed by atoms with Gasteiger partial charge in [0.25, 0.3) is 0 Å². The molecule has 17 heavy (non-hydrogen) atoms. The molecule has 0 fully saturated rings. The number of carbonyl (C=O) groups excluding carboxylic acids is 1. The van der Waals surface area contributed by atoms with E-state index in [1.54, 1.807) is 6.08 Å². The van der Waals surface area contributed by atoms with Gasteiger partial charge in [-0.1, -0.05) is 19.1 Å². The van der Waals surface area contributed by atoms with Crippen molar-refractivity contribution in [3.63, 3.8) is 0 Å². The fraction of sp³-hybridized carbons (Fsp3) is 0.667. The largest absolute Gasteiger partial charge is 0.481 e. The van der Waals surface area contributed by atoms with Gasteiger partial charge in [0, 0.05) is 6.54 Å². The normalized spacial score (nSPS) is 25.3. The summed E-state index contributed by atoms with van der Waals surface area (Å²) in [4.78, 5) is 22.8. The topological polar surface area (TPSA) is 86.6 Å². The molecule has 0 saturated heterocycles. The molecule has 96 valence electrons. The van der Waals surface area contributed by atoms with Crippen molar-refractivity contribution in [3.8, 4) is 0 Å². The van der Waals surface area contributed by atoms with Crippen LogP contribution in [0.15, 0.2) is 12.2 Å². The van der Waals surface area contributed by atoms with E-state index in [4.69, 9.17) is 5.11 Å². The molecule has 0 radical (unpaired) electrons. The first-order valence-electron chi connectivity index (χ1n) is 5.89. The zero-order valence-electron chi connectivity index (χ0n) is 9.93.